The molecule has 0 spiro atoms. The quantitative estimate of drug-likeness (QED) is 0.454. The first-order valence-corrected chi connectivity index (χ1v) is 12.1. The van der Waals surface area contributed by atoms with Crippen molar-refractivity contribution in [3.63, 3.8) is 0 Å². The van der Waals surface area contributed by atoms with Crippen LogP contribution in [-0.2, 0) is 16.6 Å². The molecular weight excluding hydrogens is 436 g/mol. The highest BCUT2D eigenvalue weighted by atomic mass is 32.2. The molecule has 170 valence electrons. The van der Waals surface area contributed by atoms with E-state index in [1.165, 1.54) is 4.31 Å². The molecule has 0 bridgehead atoms. The molecule has 0 saturated heterocycles. The molecule has 0 unspecified atom stereocenters. The van der Waals surface area contributed by atoms with Crippen molar-refractivity contribution < 1.29 is 21.6 Å². The van der Waals surface area contributed by atoms with Crippen molar-refractivity contribution in [1.29, 1.82) is 0 Å². The number of benzene rings is 2. The third-order valence-electron chi connectivity index (χ3n) is 5.72. The molecular formula is C23H25F2N3O3S. The first-order chi connectivity index (χ1) is 15.3. The molecule has 1 heterocycles. The Labute approximate surface area is 186 Å². The summed E-state index contributed by atoms with van der Waals surface area (Å²) in [5.41, 5.74) is 2.87. The van der Waals surface area contributed by atoms with Gasteiger partial charge in [-0.15, -0.1) is 10.2 Å². The summed E-state index contributed by atoms with van der Waals surface area (Å²) in [7, 11) is -3.55. The van der Waals surface area contributed by atoms with Gasteiger partial charge in [-0.3, -0.25) is 4.31 Å². The van der Waals surface area contributed by atoms with E-state index in [9.17, 15) is 17.2 Å². The highest BCUT2D eigenvalue weighted by Gasteiger charge is 2.33. The lowest BCUT2D eigenvalue weighted by Gasteiger charge is -2.31. The zero-order chi connectivity index (χ0) is 22.7. The lowest BCUT2D eigenvalue weighted by atomic mass is 10.0. The van der Waals surface area contributed by atoms with Gasteiger partial charge in [-0.25, -0.2) is 8.42 Å². The number of rotatable bonds is 7. The maximum atomic E-state index is 13.6. The summed E-state index contributed by atoms with van der Waals surface area (Å²) in [6, 6.07) is 14.3. The fraction of sp³-hybridized carbons (Fsp3) is 0.391. The Kier molecular flexibility index (Phi) is 6.55. The minimum atomic E-state index is -3.55. The summed E-state index contributed by atoms with van der Waals surface area (Å²) >= 11 is 0. The first-order valence-electron chi connectivity index (χ1n) is 10.6. The monoisotopic (exact) mass is 461 g/mol. The summed E-state index contributed by atoms with van der Waals surface area (Å²) in [5.74, 6) is -0.731. The van der Waals surface area contributed by atoms with Crippen LogP contribution in [0.15, 0.2) is 52.9 Å². The highest BCUT2D eigenvalue weighted by Crippen LogP contribution is 2.31. The van der Waals surface area contributed by atoms with Crippen LogP contribution < -0.4 is 4.31 Å². The van der Waals surface area contributed by atoms with Gasteiger partial charge in [0.25, 0.3) is 5.89 Å². The Balaban J connectivity index is 1.62. The summed E-state index contributed by atoms with van der Waals surface area (Å²) in [6.45, 7) is 2.11. The number of halogens is 2. The van der Waals surface area contributed by atoms with Crippen LogP contribution in [0.4, 0.5) is 14.5 Å². The zero-order valence-electron chi connectivity index (χ0n) is 17.7. The third-order valence-corrected chi connectivity index (χ3v) is 7.99. The predicted octanol–water partition coefficient (Wildman–Crippen LogP) is 5.65. The van der Waals surface area contributed by atoms with Gasteiger partial charge in [0.2, 0.25) is 15.9 Å². The van der Waals surface area contributed by atoms with Gasteiger partial charge in [-0.2, -0.15) is 8.78 Å². The molecule has 0 aliphatic heterocycles. The average Bonchev–Trinajstić information content (AvgIpc) is 3.29. The van der Waals surface area contributed by atoms with Crippen LogP contribution in [0.25, 0.3) is 11.5 Å². The second-order valence-corrected chi connectivity index (χ2v) is 10.2. The van der Waals surface area contributed by atoms with Crippen molar-refractivity contribution in [3.8, 4) is 11.5 Å². The van der Waals surface area contributed by atoms with Gasteiger partial charge >= 0.3 is 6.43 Å². The molecule has 1 aliphatic carbocycles. The molecule has 32 heavy (non-hydrogen) atoms. The standard InChI is InChI=1S/C23H25F2N3O3S/c1-16-6-5-7-19(14-16)28(32(29,30)20-8-3-2-4-9-20)15-17-10-12-18(13-11-17)22-26-27-23(31-22)21(24)25/h5-7,10-14,20-21H,2-4,8-9,15H2,1H3. The number of alkyl halides is 2. The molecule has 4 rings (SSSR count). The van der Waals surface area contributed by atoms with Gasteiger partial charge in [0.05, 0.1) is 17.5 Å². The number of sulfonamides is 1. The normalized spacial score (nSPS) is 15.2. The number of nitrogens with zero attached hydrogens (tertiary/aromatic N) is 3. The van der Waals surface area contributed by atoms with Gasteiger partial charge < -0.3 is 4.42 Å². The Morgan fingerprint density at radius 3 is 2.41 bits per heavy atom. The lowest BCUT2D eigenvalue weighted by molar-refractivity contribution is 0.116. The molecule has 9 heteroatoms. The van der Waals surface area contributed by atoms with Gasteiger partial charge in [-0.05, 0) is 55.2 Å². The molecule has 2 aromatic carbocycles. The maximum Gasteiger partial charge on any atom is 0.314 e. The van der Waals surface area contributed by atoms with Gasteiger partial charge in [0, 0.05) is 5.56 Å². The molecule has 1 saturated carbocycles. The largest absolute Gasteiger partial charge is 0.415 e. The third kappa shape index (κ3) is 4.82. The van der Waals surface area contributed by atoms with E-state index in [0.717, 1.165) is 30.4 Å². The minimum Gasteiger partial charge on any atom is -0.415 e. The van der Waals surface area contributed by atoms with E-state index in [1.807, 2.05) is 31.2 Å². The second-order valence-electron chi connectivity index (χ2n) is 8.09. The minimum absolute atomic E-state index is 0.00258. The Morgan fingerprint density at radius 2 is 1.78 bits per heavy atom. The molecule has 1 aliphatic rings. The lowest BCUT2D eigenvalue weighted by Crippen LogP contribution is -2.39. The maximum absolute atomic E-state index is 13.6. The van der Waals surface area contributed by atoms with E-state index in [0.29, 0.717) is 24.1 Å². The fourth-order valence-electron chi connectivity index (χ4n) is 4.01. The van der Waals surface area contributed by atoms with Crippen LogP contribution in [0.5, 0.6) is 0 Å². The van der Waals surface area contributed by atoms with Crippen LogP contribution in [0.1, 0.15) is 55.5 Å². The molecule has 0 atom stereocenters. The van der Waals surface area contributed by atoms with Crippen molar-refractivity contribution in [2.24, 2.45) is 0 Å². The van der Waals surface area contributed by atoms with Crippen LogP contribution in [-0.4, -0.2) is 23.9 Å². The smallest absolute Gasteiger partial charge is 0.314 e. The highest BCUT2D eigenvalue weighted by molar-refractivity contribution is 7.93. The summed E-state index contributed by atoms with van der Waals surface area (Å²) < 4.78 is 59.0. The molecule has 1 fully saturated rings. The van der Waals surface area contributed by atoms with Crippen molar-refractivity contribution in [2.75, 3.05) is 4.31 Å². The van der Waals surface area contributed by atoms with E-state index in [1.54, 1.807) is 24.3 Å². The van der Waals surface area contributed by atoms with E-state index < -0.39 is 22.3 Å². The van der Waals surface area contributed by atoms with Crippen LogP contribution >= 0.6 is 0 Å². The Morgan fingerprint density at radius 1 is 1.06 bits per heavy atom. The zero-order valence-corrected chi connectivity index (χ0v) is 18.6. The number of hydrogen-bond donors (Lipinski definition) is 0. The van der Waals surface area contributed by atoms with Crippen LogP contribution in [0.3, 0.4) is 0 Å². The van der Waals surface area contributed by atoms with Crippen molar-refractivity contribution in [1.82, 2.24) is 10.2 Å². The summed E-state index contributed by atoms with van der Waals surface area (Å²) in [4.78, 5) is 0. The van der Waals surface area contributed by atoms with Crippen LogP contribution in [0.2, 0.25) is 0 Å². The van der Waals surface area contributed by atoms with Crippen molar-refractivity contribution in [2.45, 2.75) is 57.2 Å². The molecule has 1 aromatic heterocycles. The fourth-order valence-corrected chi connectivity index (χ4v) is 6.04. The number of anilines is 1. The number of aryl methyl sites for hydroxylation is 1. The van der Waals surface area contributed by atoms with Gasteiger partial charge in [-0.1, -0.05) is 43.5 Å². The van der Waals surface area contributed by atoms with Gasteiger partial charge in [0.15, 0.2) is 0 Å². The Hall–Kier alpha value is -2.81. The van der Waals surface area contributed by atoms with E-state index in [2.05, 4.69) is 10.2 Å². The SMILES string of the molecule is Cc1cccc(N(Cc2ccc(-c3nnc(C(F)F)o3)cc2)S(=O)(=O)C2CCCCC2)c1. The predicted molar refractivity (Wildman–Crippen MR) is 118 cm³/mol. The van der Waals surface area contributed by atoms with Crippen molar-refractivity contribution >= 4 is 15.7 Å². The van der Waals surface area contributed by atoms with E-state index in [-0.39, 0.29) is 17.7 Å². The number of aromatic nitrogens is 2. The Bertz CT molecular complexity index is 1160. The van der Waals surface area contributed by atoms with E-state index in [4.69, 9.17) is 4.42 Å². The summed E-state index contributed by atoms with van der Waals surface area (Å²) in [6.07, 6.45) is 1.43. The first kappa shape index (κ1) is 22.4. The van der Waals surface area contributed by atoms with Crippen molar-refractivity contribution in [3.05, 3.63) is 65.5 Å². The average molecular weight is 462 g/mol. The van der Waals surface area contributed by atoms with Crippen LogP contribution in [0, 0.1) is 6.92 Å². The van der Waals surface area contributed by atoms with E-state index >= 15 is 0 Å². The molecule has 0 N–H and O–H groups in total. The molecule has 0 amide bonds. The second kappa shape index (κ2) is 9.36. The number of hydrogen-bond acceptors (Lipinski definition) is 5. The molecule has 0 radical (unpaired) electrons. The molecule has 6 nitrogen and oxygen atoms in total. The van der Waals surface area contributed by atoms with Gasteiger partial charge in [0.1, 0.15) is 0 Å². The molecule has 3 aromatic rings. The topological polar surface area (TPSA) is 76.3 Å². The summed E-state index contributed by atoms with van der Waals surface area (Å²) in [5, 5.41) is 6.61.